The number of piperidine rings is 1. The van der Waals surface area contributed by atoms with Crippen molar-refractivity contribution < 1.29 is 4.74 Å². The molecule has 1 unspecified atom stereocenters. The molecule has 80 valence electrons. The maximum Gasteiger partial charge on any atom is 0.0589 e. The average Bonchev–Trinajstić information content (AvgIpc) is 2.18. The van der Waals surface area contributed by atoms with E-state index in [1.54, 1.807) is 7.11 Å². The molecule has 1 saturated heterocycles. The average molecular weight is 187 g/mol. The van der Waals surface area contributed by atoms with Gasteiger partial charge in [-0.25, -0.2) is 0 Å². The van der Waals surface area contributed by atoms with Gasteiger partial charge in [0.15, 0.2) is 0 Å². The zero-order valence-electron chi connectivity index (χ0n) is 9.68. The minimum Gasteiger partial charge on any atom is -0.383 e. The summed E-state index contributed by atoms with van der Waals surface area (Å²) in [7, 11) is 1.77. The predicted octanol–water partition coefficient (Wildman–Crippen LogP) is 2.39. The number of hydrogen-bond donors (Lipinski definition) is 0. The van der Waals surface area contributed by atoms with Crippen LogP contribution in [0, 0.1) is 5.92 Å². The Balaban J connectivity index is 0.000000671. The van der Waals surface area contributed by atoms with Crippen molar-refractivity contribution in [2.24, 2.45) is 5.92 Å². The van der Waals surface area contributed by atoms with Gasteiger partial charge in [-0.3, -0.25) is 0 Å². The van der Waals surface area contributed by atoms with Crippen LogP contribution in [0.1, 0.15) is 33.6 Å². The lowest BCUT2D eigenvalue weighted by Crippen LogP contribution is -2.36. The lowest BCUT2D eigenvalue weighted by molar-refractivity contribution is 0.118. The molecule has 0 spiro atoms. The summed E-state index contributed by atoms with van der Waals surface area (Å²) in [6.07, 6.45) is 2.77. The maximum atomic E-state index is 5.04. The second kappa shape index (κ2) is 8.52. The van der Waals surface area contributed by atoms with Crippen LogP contribution >= 0.6 is 0 Å². The zero-order chi connectivity index (χ0) is 10.1. The molecule has 0 radical (unpaired) electrons. The standard InChI is InChI=1S/C9H19NO.C2H6/c1-9-4-3-5-10(8-9)6-7-11-2;1-2/h9H,3-8H2,1-2H3;1-2H3. The molecule has 0 bridgehead atoms. The fourth-order valence-corrected chi connectivity index (χ4v) is 1.71. The van der Waals surface area contributed by atoms with Crippen LogP contribution in [0.25, 0.3) is 0 Å². The van der Waals surface area contributed by atoms with Crippen molar-refractivity contribution in [1.82, 2.24) is 4.90 Å². The first-order valence-corrected chi connectivity index (χ1v) is 5.54. The van der Waals surface area contributed by atoms with Crippen LogP contribution in [0.4, 0.5) is 0 Å². The Bertz CT molecular complexity index is 106. The van der Waals surface area contributed by atoms with E-state index in [0.29, 0.717) is 0 Å². The number of ether oxygens (including phenoxy) is 1. The predicted molar refractivity (Wildman–Crippen MR) is 58.1 cm³/mol. The van der Waals surface area contributed by atoms with Crippen molar-refractivity contribution >= 4 is 0 Å². The van der Waals surface area contributed by atoms with Gasteiger partial charge >= 0.3 is 0 Å². The Morgan fingerprint density at radius 1 is 1.38 bits per heavy atom. The molecule has 1 aliphatic heterocycles. The third-order valence-electron chi connectivity index (χ3n) is 2.35. The van der Waals surface area contributed by atoms with E-state index in [4.69, 9.17) is 4.74 Å². The summed E-state index contributed by atoms with van der Waals surface area (Å²) < 4.78 is 5.04. The molecule has 0 N–H and O–H groups in total. The lowest BCUT2D eigenvalue weighted by atomic mass is 10.0. The van der Waals surface area contributed by atoms with Gasteiger partial charge < -0.3 is 9.64 Å². The molecule has 1 fully saturated rings. The summed E-state index contributed by atoms with van der Waals surface area (Å²) >= 11 is 0. The SMILES string of the molecule is CC.COCCN1CCCC(C)C1. The molecule has 1 aliphatic rings. The van der Waals surface area contributed by atoms with E-state index in [9.17, 15) is 0 Å². The van der Waals surface area contributed by atoms with Crippen molar-refractivity contribution in [3.05, 3.63) is 0 Å². The van der Waals surface area contributed by atoms with Crippen LogP contribution in [0.15, 0.2) is 0 Å². The summed E-state index contributed by atoms with van der Waals surface area (Å²) in [6, 6.07) is 0. The number of rotatable bonds is 3. The fraction of sp³-hybridized carbons (Fsp3) is 1.00. The Morgan fingerprint density at radius 3 is 2.62 bits per heavy atom. The van der Waals surface area contributed by atoms with Gasteiger partial charge in [0.05, 0.1) is 6.61 Å². The molecule has 1 atom stereocenters. The maximum absolute atomic E-state index is 5.04. The van der Waals surface area contributed by atoms with E-state index in [0.717, 1.165) is 19.1 Å². The van der Waals surface area contributed by atoms with E-state index in [1.165, 1.54) is 25.9 Å². The zero-order valence-corrected chi connectivity index (χ0v) is 9.68. The first kappa shape index (κ1) is 12.9. The van der Waals surface area contributed by atoms with Gasteiger partial charge in [-0.05, 0) is 25.3 Å². The minimum absolute atomic E-state index is 0.882. The van der Waals surface area contributed by atoms with Gasteiger partial charge in [-0.2, -0.15) is 0 Å². The van der Waals surface area contributed by atoms with Gasteiger partial charge in [0, 0.05) is 20.2 Å². The van der Waals surface area contributed by atoms with Crippen LogP contribution in [0.2, 0.25) is 0 Å². The molecule has 0 aromatic heterocycles. The monoisotopic (exact) mass is 187 g/mol. The summed E-state index contributed by atoms with van der Waals surface area (Å²) in [5, 5.41) is 0. The third-order valence-corrected chi connectivity index (χ3v) is 2.35. The summed E-state index contributed by atoms with van der Waals surface area (Å²) in [5.74, 6) is 0.889. The van der Waals surface area contributed by atoms with Gasteiger partial charge in [0.1, 0.15) is 0 Å². The topological polar surface area (TPSA) is 12.5 Å². The first-order chi connectivity index (χ1) is 6.33. The molecule has 2 nitrogen and oxygen atoms in total. The molecule has 2 heteroatoms. The summed E-state index contributed by atoms with van der Waals surface area (Å²) in [5.41, 5.74) is 0. The van der Waals surface area contributed by atoms with Crippen molar-refractivity contribution in [2.75, 3.05) is 33.4 Å². The normalized spacial score (nSPS) is 23.5. The van der Waals surface area contributed by atoms with E-state index in [-0.39, 0.29) is 0 Å². The van der Waals surface area contributed by atoms with Crippen LogP contribution in [0.5, 0.6) is 0 Å². The lowest BCUT2D eigenvalue weighted by Gasteiger charge is -2.30. The van der Waals surface area contributed by atoms with Crippen molar-refractivity contribution in [3.63, 3.8) is 0 Å². The quantitative estimate of drug-likeness (QED) is 0.672. The van der Waals surface area contributed by atoms with Crippen LogP contribution in [-0.2, 0) is 4.74 Å². The molecule has 1 heterocycles. The van der Waals surface area contributed by atoms with Crippen molar-refractivity contribution in [2.45, 2.75) is 33.6 Å². The molecule has 0 aliphatic carbocycles. The van der Waals surface area contributed by atoms with Crippen molar-refractivity contribution in [1.29, 1.82) is 0 Å². The number of methoxy groups -OCH3 is 1. The van der Waals surface area contributed by atoms with Crippen LogP contribution in [-0.4, -0.2) is 38.3 Å². The molecule has 13 heavy (non-hydrogen) atoms. The first-order valence-electron chi connectivity index (χ1n) is 5.54. The van der Waals surface area contributed by atoms with Crippen molar-refractivity contribution in [3.8, 4) is 0 Å². The Hall–Kier alpha value is -0.0800. The Kier molecular flexibility index (Phi) is 8.46. The number of nitrogens with zero attached hydrogens (tertiary/aromatic N) is 1. The highest BCUT2D eigenvalue weighted by Crippen LogP contribution is 2.14. The van der Waals surface area contributed by atoms with Gasteiger partial charge in [0.2, 0.25) is 0 Å². The molecular weight excluding hydrogens is 162 g/mol. The highest BCUT2D eigenvalue weighted by atomic mass is 16.5. The molecule has 1 rings (SSSR count). The van der Waals surface area contributed by atoms with Gasteiger partial charge in [0.25, 0.3) is 0 Å². The second-order valence-corrected chi connectivity index (χ2v) is 3.54. The molecular formula is C11H25NO. The largest absolute Gasteiger partial charge is 0.383 e. The van der Waals surface area contributed by atoms with E-state index in [1.807, 2.05) is 13.8 Å². The van der Waals surface area contributed by atoms with Crippen LogP contribution < -0.4 is 0 Å². The highest BCUT2D eigenvalue weighted by molar-refractivity contribution is 4.69. The van der Waals surface area contributed by atoms with E-state index in [2.05, 4.69) is 11.8 Å². The number of likely N-dealkylation sites (tertiary alicyclic amines) is 1. The Morgan fingerprint density at radius 2 is 2.08 bits per heavy atom. The summed E-state index contributed by atoms with van der Waals surface area (Å²) in [6.45, 7) is 10.9. The van der Waals surface area contributed by atoms with Crippen LogP contribution in [0.3, 0.4) is 0 Å². The highest BCUT2D eigenvalue weighted by Gasteiger charge is 2.14. The Labute approximate surface area is 83.3 Å². The van der Waals surface area contributed by atoms with Gasteiger partial charge in [-0.15, -0.1) is 0 Å². The fourth-order valence-electron chi connectivity index (χ4n) is 1.71. The molecule has 0 aromatic rings. The number of hydrogen-bond acceptors (Lipinski definition) is 2. The van der Waals surface area contributed by atoms with Gasteiger partial charge in [-0.1, -0.05) is 20.8 Å². The summed E-state index contributed by atoms with van der Waals surface area (Å²) in [4.78, 5) is 2.50. The minimum atomic E-state index is 0.882. The smallest absolute Gasteiger partial charge is 0.0589 e. The third kappa shape index (κ3) is 6.05. The van der Waals surface area contributed by atoms with E-state index < -0.39 is 0 Å². The molecule has 0 amide bonds. The molecule has 0 aromatic carbocycles. The second-order valence-electron chi connectivity index (χ2n) is 3.54. The van der Waals surface area contributed by atoms with E-state index >= 15 is 0 Å². The molecule has 0 saturated carbocycles.